The van der Waals surface area contributed by atoms with Gasteiger partial charge in [0.05, 0.1) is 0 Å². The van der Waals surface area contributed by atoms with E-state index in [1.54, 1.807) is 0 Å². The van der Waals surface area contributed by atoms with Crippen molar-refractivity contribution in [1.29, 1.82) is 5.26 Å². The Bertz CT molecular complexity index is 386. The predicted octanol–water partition coefficient (Wildman–Crippen LogP) is 3.51. The Morgan fingerprint density at radius 1 is 1.00 bits per heavy atom. The molecule has 0 heterocycles. The predicted molar refractivity (Wildman–Crippen MR) is 41.6 cm³/mol. The molecule has 0 saturated carbocycles. The first-order valence-corrected chi connectivity index (χ1v) is 4.13. The number of nitrogens with zero attached hydrogens (tertiary/aromatic N) is 1. The molecular formula is C8H4F9NO. The highest BCUT2D eigenvalue weighted by Gasteiger charge is 2.81. The Kier molecular flexibility index (Phi) is 4.54. The molecule has 0 aromatic carbocycles. The van der Waals surface area contributed by atoms with Gasteiger partial charge in [-0.1, -0.05) is 6.58 Å². The minimum atomic E-state index is -6.79. The summed E-state index contributed by atoms with van der Waals surface area (Å²) in [4.78, 5) is 0. The lowest BCUT2D eigenvalue weighted by molar-refractivity contribution is -0.432. The minimum absolute atomic E-state index is 0.243. The van der Waals surface area contributed by atoms with Gasteiger partial charge in [-0.2, -0.15) is 44.8 Å². The van der Waals surface area contributed by atoms with E-state index in [-0.39, 0.29) is 6.07 Å². The van der Waals surface area contributed by atoms with Gasteiger partial charge < -0.3 is 0 Å². The van der Waals surface area contributed by atoms with Crippen molar-refractivity contribution in [3.63, 3.8) is 0 Å². The summed E-state index contributed by atoms with van der Waals surface area (Å²) < 4.78 is 115. The number of alkyl halides is 9. The minimum Gasteiger partial charge on any atom is -0.267 e. The third-order valence-corrected chi connectivity index (χ3v) is 1.79. The van der Waals surface area contributed by atoms with Crippen molar-refractivity contribution in [2.75, 3.05) is 0 Å². The Morgan fingerprint density at radius 3 is 1.74 bits per heavy atom. The molecule has 0 aromatic rings. The summed E-state index contributed by atoms with van der Waals surface area (Å²) in [5, 5.41) is 7.69. The number of allylic oxidation sites excluding steroid dienone is 1. The van der Waals surface area contributed by atoms with E-state index in [4.69, 9.17) is 5.26 Å². The molecule has 110 valence electrons. The molecule has 0 amide bonds. The molecule has 0 saturated heterocycles. The molecule has 19 heavy (non-hydrogen) atoms. The van der Waals surface area contributed by atoms with Crippen molar-refractivity contribution in [3.05, 3.63) is 12.7 Å². The van der Waals surface area contributed by atoms with Crippen molar-refractivity contribution in [2.45, 2.75) is 30.2 Å². The summed E-state index contributed by atoms with van der Waals surface area (Å²) in [5.74, 6) is -19.1. The van der Waals surface area contributed by atoms with Crippen LogP contribution in [0.4, 0.5) is 39.5 Å². The number of hydrogen-bond donors (Lipinski definition) is 0. The topological polar surface area (TPSA) is 33.0 Å². The van der Waals surface area contributed by atoms with E-state index in [2.05, 4.69) is 11.3 Å². The first-order valence-electron chi connectivity index (χ1n) is 4.13. The van der Waals surface area contributed by atoms with Crippen molar-refractivity contribution >= 4 is 0 Å². The normalized spacial score (nSPS) is 15.8. The molecule has 0 N–H and O–H groups in total. The molecular weight excluding hydrogens is 297 g/mol. The fourth-order valence-corrected chi connectivity index (χ4v) is 0.751. The lowest BCUT2D eigenvalue weighted by Gasteiger charge is -2.34. The van der Waals surface area contributed by atoms with Crippen molar-refractivity contribution in [1.82, 2.24) is 0 Å². The van der Waals surface area contributed by atoms with Gasteiger partial charge >= 0.3 is 23.9 Å². The van der Waals surface area contributed by atoms with Crippen LogP contribution in [0.3, 0.4) is 0 Å². The van der Waals surface area contributed by atoms with E-state index in [0.717, 1.165) is 0 Å². The smallest absolute Gasteiger partial charge is 0.267 e. The summed E-state index contributed by atoms with van der Waals surface area (Å²) in [6, 6.07) is 0.243. The molecule has 0 aliphatic heterocycles. The van der Waals surface area contributed by atoms with Crippen LogP contribution in [0.15, 0.2) is 12.7 Å². The van der Waals surface area contributed by atoms with Gasteiger partial charge in [-0.05, 0) is 6.08 Å². The Morgan fingerprint density at radius 2 is 1.42 bits per heavy atom. The highest BCUT2D eigenvalue weighted by Crippen LogP contribution is 2.53. The van der Waals surface area contributed by atoms with E-state index in [1.165, 1.54) is 0 Å². The fourth-order valence-electron chi connectivity index (χ4n) is 0.751. The first kappa shape index (κ1) is 17.6. The summed E-state index contributed by atoms with van der Waals surface area (Å²) in [7, 11) is 0. The lowest BCUT2D eigenvalue weighted by atomic mass is 10.0. The van der Waals surface area contributed by atoms with Crippen LogP contribution in [0.1, 0.15) is 0 Å². The van der Waals surface area contributed by atoms with Gasteiger partial charge in [-0.25, -0.2) is 0 Å². The molecule has 0 aliphatic rings. The number of halogens is 9. The Balaban J connectivity index is 5.59. The monoisotopic (exact) mass is 301 g/mol. The Hall–Kier alpha value is -1.44. The van der Waals surface area contributed by atoms with Gasteiger partial charge in [0.2, 0.25) is 0 Å². The van der Waals surface area contributed by atoms with Gasteiger partial charge in [0.25, 0.3) is 6.36 Å². The zero-order valence-electron chi connectivity index (χ0n) is 8.62. The largest absolute Gasteiger partial charge is 0.429 e. The van der Waals surface area contributed by atoms with Crippen LogP contribution in [-0.2, 0) is 4.74 Å². The molecule has 1 unspecified atom stereocenters. The molecule has 1 atom stereocenters. The van der Waals surface area contributed by atoms with Gasteiger partial charge in [-0.3, -0.25) is 4.74 Å². The van der Waals surface area contributed by atoms with Crippen molar-refractivity contribution < 1.29 is 44.3 Å². The van der Waals surface area contributed by atoms with Crippen LogP contribution < -0.4 is 0 Å². The highest BCUT2D eigenvalue weighted by atomic mass is 19.4. The third kappa shape index (κ3) is 2.78. The van der Waals surface area contributed by atoms with E-state index in [9.17, 15) is 39.5 Å². The second-order valence-electron chi connectivity index (χ2n) is 3.06. The Labute approximate surface area is 99.6 Å². The lowest BCUT2D eigenvalue weighted by Crippen LogP contribution is -2.62. The molecule has 2 nitrogen and oxygen atoms in total. The molecule has 11 heteroatoms. The zero-order valence-corrected chi connectivity index (χ0v) is 8.62. The zero-order chi connectivity index (χ0) is 15.7. The molecule has 0 aliphatic carbocycles. The standard InChI is InChI=1S/C8H4F9NO/c1-2-5(10,11)6(12,13)7(14,15)8(16,17)19-4(9)3-18/h2,4H,1H2. The van der Waals surface area contributed by atoms with Gasteiger partial charge in [0, 0.05) is 0 Å². The van der Waals surface area contributed by atoms with Crippen LogP contribution in [0.5, 0.6) is 0 Å². The highest BCUT2D eigenvalue weighted by molar-refractivity contribution is 5.08. The van der Waals surface area contributed by atoms with E-state index >= 15 is 0 Å². The molecule has 0 radical (unpaired) electrons. The van der Waals surface area contributed by atoms with Crippen molar-refractivity contribution in [2.24, 2.45) is 0 Å². The van der Waals surface area contributed by atoms with Crippen LogP contribution in [0.25, 0.3) is 0 Å². The van der Waals surface area contributed by atoms with E-state index < -0.39 is 36.3 Å². The first-order chi connectivity index (χ1) is 8.27. The maximum absolute atomic E-state index is 12.7. The van der Waals surface area contributed by atoms with Gasteiger partial charge in [-0.15, -0.1) is 0 Å². The maximum atomic E-state index is 12.7. The molecule has 0 aromatic heterocycles. The number of ether oxygens (including phenoxy) is 1. The molecule has 0 rings (SSSR count). The molecule has 0 bridgehead atoms. The summed E-state index contributed by atoms with van der Waals surface area (Å²) >= 11 is 0. The fraction of sp³-hybridized carbons (Fsp3) is 0.625. The number of nitriles is 1. The van der Waals surface area contributed by atoms with E-state index in [0.29, 0.717) is 0 Å². The van der Waals surface area contributed by atoms with Gasteiger partial charge in [0.15, 0.2) is 0 Å². The molecule has 0 spiro atoms. The number of hydrogen-bond acceptors (Lipinski definition) is 2. The summed E-state index contributed by atoms with van der Waals surface area (Å²) in [6.45, 7) is 2.10. The summed E-state index contributed by atoms with van der Waals surface area (Å²) in [6.07, 6.45) is -11.0. The van der Waals surface area contributed by atoms with Crippen LogP contribution in [0.2, 0.25) is 0 Å². The number of rotatable bonds is 6. The van der Waals surface area contributed by atoms with Crippen LogP contribution in [0, 0.1) is 11.3 Å². The second-order valence-corrected chi connectivity index (χ2v) is 3.06. The maximum Gasteiger partial charge on any atom is 0.429 e. The molecule has 0 fully saturated rings. The third-order valence-electron chi connectivity index (χ3n) is 1.79. The van der Waals surface area contributed by atoms with Crippen LogP contribution >= 0.6 is 0 Å². The SMILES string of the molecule is C=CC(F)(F)C(F)(F)C(F)(F)C(F)(F)OC(F)C#N. The average Bonchev–Trinajstić information content (AvgIpc) is 2.27. The second kappa shape index (κ2) is 4.92. The summed E-state index contributed by atoms with van der Waals surface area (Å²) in [5.41, 5.74) is 0. The average molecular weight is 301 g/mol. The van der Waals surface area contributed by atoms with E-state index in [1.807, 2.05) is 0 Å². The van der Waals surface area contributed by atoms with Crippen LogP contribution in [-0.4, -0.2) is 30.2 Å². The van der Waals surface area contributed by atoms with Gasteiger partial charge in [0.1, 0.15) is 6.07 Å². The quantitative estimate of drug-likeness (QED) is 0.555. The van der Waals surface area contributed by atoms with Crippen molar-refractivity contribution in [3.8, 4) is 6.07 Å².